The van der Waals surface area contributed by atoms with E-state index in [1.165, 1.54) is 0 Å². The number of primary amides is 1. The van der Waals surface area contributed by atoms with Crippen LogP contribution in [0.25, 0.3) is 0 Å². The van der Waals surface area contributed by atoms with Gasteiger partial charge in [0.25, 0.3) is 11.8 Å². The van der Waals surface area contributed by atoms with Crippen molar-refractivity contribution < 1.29 is 23.8 Å². The second kappa shape index (κ2) is 9.93. The minimum Gasteiger partial charge on any atom is -0.490 e. The zero-order valence-electron chi connectivity index (χ0n) is 14.6. The van der Waals surface area contributed by atoms with E-state index in [4.69, 9.17) is 19.9 Å². The van der Waals surface area contributed by atoms with Gasteiger partial charge in [-0.05, 0) is 30.7 Å². The Morgan fingerprint density at radius 1 is 0.962 bits per heavy atom. The Morgan fingerprint density at radius 3 is 2.38 bits per heavy atom. The zero-order valence-corrected chi connectivity index (χ0v) is 14.6. The summed E-state index contributed by atoms with van der Waals surface area (Å²) in [4.78, 5) is 22.8. The Labute approximate surface area is 152 Å². The third-order valence-electron chi connectivity index (χ3n) is 3.17. The first-order valence-electron chi connectivity index (χ1n) is 8.24. The monoisotopic (exact) mass is 358 g/mol. The minimum absolute atomic E-state index is 0.168. The molecule has 0 radical (unpaired) electrons. The number of amides is 2. The molecule has 0 bridgehead atoms. The zero-order chi connectivity index (χ0) is 18.8. The maximum Gasteiger partial charge on any atom is 0.262 e. The van der Waals surface area contributed by atoms with Crippen LogP contribution < -0.4 is 25.3 Å². The van der Waals surface area contributed by atoms with Crippen LogP contribution in [0.5, 0.6) is 17.2 Å². The molecule has 7 heteroatoms. The summed E-state index contributed by atoms with van der Waals surface area (Å²) in [7, 11) is 0. The van der Waals surface area contributed by atoms with Gasteiger partial charge in [0.1, 0.15) is 5.75 Å². The molecule has 2 aromatic rings. The van der Waals surface area contributed by atoms with Crippen molar-refractivity contribution in [1.29, 1.82) is 0 Å². The first kappa shape index (κ1) is 19.1. The Kier molecular flexibility index (Phi) is 7.30. The summed E-state index contributed by atoms with van der Waals surface area (Å²) in [6.07, 6.45) is 0.878. The van der Waals surface area contributed by atoms with E-state index in [1.807, 2.05) is 19.1 Å². The van der Waals surface area contributed by atoms with Gasteiger partial charge in [-0.15, -0.1) is 0 Å². The van der Waals surface area contributed by atoms with Crippen molar-refractivity contribution in [2.75, 3.05) is 25.1 Å². The number of para-hydroxylation sites is 2. The lowest BCUT2D eigenvalue weighted by Crippen LogP contribution is -2.21. The lowest BCUT2D eigenvalue weighted by Gasteiger charge is -2.12. The largest absolute Gasteiger partial charge is 0.490 e. The van der Waals surface area contributed by atoms with Crippen molar-refractivity contribution in [3.63, 3.8) is 0 Å². The summed E-state index contributed by atoms with van der Waals surface area (Å²) in [6.45, 7) is 2.19. The quantitative estimate of drug-likeness (QED) is 0.679. The van der Waals surface area contributed by atoms with E-state index < -0.39 is 5.91 Å². The van der Waals surface area contributed by atoms with Gasteiger partial charge in [0.15, 0.2) is 24.7 Å². The molecule has 0 aliphatic heterocycles. The summed E-state index contributed by atoms with van der Waals surface area (Å²) in [6, 6.07) is 13.9. The van der Waals surface area contributed by atoms with E-state index in [1.54, 1.807) is 36.4 Å². The van der Waals surface area contributed by atoms with Gasteiger partial charge in [0.2, 0.25) is 0 Å². The Hall–Kier alpha value is -3.22. The van der Waals surface area contributed by atoms with E-state index in [-0.39, 0.29) is 19.1 Å². The molecule has 0 aromatic heterocycles. The number of hydrogen-bond donors (Lipinski definition) is 2. The number of carbonyl (C=O) groups is 2. The molecule has 0 aliphatic carbocycles. The highest BCUT2D eigenvalue weighted by atomic mass is 16.5. The molecule has 3 N–H and O–H groups in total. The van der Waals surface area contributed by atoms with Crippen LogP contribution in [0.2, 0.25) is 0 Å². The summed E-state index contributed by atoms with van der Waals surface area (Å²) in [5.74, 6) is 0.638. The van der Waals surface area contributed by atoms with Crippen LogP contribution >= 0.6 is 0 Å². The van der Waals surface area contributed by atoms with E-state index in [0.29, 0.717) is 29.5 Å². The highest BCUT2D eigenvalue weighted by molar-refractivity contribution is 5.92. The van der Waals surface area contributed by atoms with Gasteiger partial charge >= 0.3 is 0 Å². The molecular formula is C19H22N2O5. The Morgan fingerprint density at radius 2 is 1.69 bits per heavy atom. The van der Waals surface area contributed by atoms with Crippen LogP contribution in [-0.4, -0.2) is 31.6 Å². The molecule has 2 amide bonds. The summed E-state index contributed by atoms with van der Waals surface area (Å²) in [5, 5.41) is 2.70. The third kappa shape index (κ3) is 6.35. The van der Waals surface area contributed by atoms with Crippen molar-refractivity contribution in [2.24, 2.45) is 5.73 Å². The molecule has 2 rings (SSSR count). The first-order valence-corrected chi connectivity index (χ1v) is 8.24. The van der Waals surface area contributed by atoms with Gasteiger partial charge in [0, 0.05) is 11.8 Å². The number of nitrogens with two attached hydrogens (primary N) is 1. The topological polar surface area (TPSA) is 99.9 Å². The van der Waals surface area contributed by atoms with Gasteiger partial charge in [-0.25, -0.2) is 0 Å². The van der Waals surface area contributed by atoms with E-state index in [9.17, 15) is 9.59 Å². The van der Waals surface area contributed by atoms with Crippen LogP contribution in [0.15, 0.2) is 48.5 Å². The number of anilines is 1. The van der Waals surface area contributed by atoms with Gasteiger partial charge in [-0.1, -0.05) is 25.1 Å². The molecule has 0 saturated carbocycles. The lowest BCUT2D eigenvalue weighted by molar-refractivity contribution is -0.120. The fourth-order valence-electron chi connectivity index (χ4n) is 2.06. The smallest absolute Gasteiger partial charge is 0.262 e. The molecular weight excluding hydrogens is 336 g/mol. The van der Waals surface area contributed by atoms with E-state index in [2.05, 4.69) is 5.32 Å². The molecule has 2 aromatic carbocycles. The van der Waals surface area contributed by atoms with Gasteiger partial charge in [-0.3, -0.25) is 9.59 Å². The molecule has 138 valence electrons. The fourth-order valence-corrected chi connectivity index (χ4v) is 2.06. The molecule has 0 fully saturated rings. The summed E-state index contributed by atoms with van der Waals surface area (Å²) in [5.41, 5.74) is 5.56. The number of rotatable bonds is 10. The molecule has 0 saturated heterocycles. The van der Waals surface area contributed by atoms with Crippen LogP contribution in [-0.2, 0) is 9.59 Å². The van der Waals surface area contributed by atoms with E-state index in [0.717, 1.165) is 6.42 Å². The average molecular weight is 358 g/mol. The Balaban J connectivity index is 1.89. The number of benzene rings is 2. The number of nitrogens with one attached hydrogen (secondary N) is 1. The maximum absolute atomic E-state index is 12.1. The molecule has 7 nitrogen and oxygen atoms in total. The van der Waals surface area contributed by atoms with E-state index >= 15 is 0 Å². The predicted molar refractivity (Wildman–Crippen MR) is 97.5 cm³/mol. The number of ether oxygens (including phenoxy) is 3. The SMILES string of the molecule is CCCOc1ccccc1OCC(=O)Nc1cccc(OCC(N)=O)c1. The first-order chi connectivity index (χ1) is 12.6. The van der Waals surface area contributed by atoms with Crippen molar-refractivity contribution in [2.45, 2.75) is 13.3 Å². The van der Waals surface area contributed by atoms with Crippen molar-refractivity contribution in [3.05, 3.63) is 48.5 Å². The van der Waals surface area contributed by atoms with Gasteiger partial charge in [-0.2, -0.15) is 0 Å². The van der Waals surface area contributed by atoms with Gasteiger partial charge < -0.3 is 25.3 Å². The van der Waals surface area contributed by atoms with Crippen molar-refractivity contribution >= 4 is 17.5 Å². The van der Waals surface area contributed by atoms with Crippen LogP contribution in [0.1, 0.15) is 13.3 Å². The number of hydrogen-bond acceptors (Lipinski definition) is 5. The van der Waals surface area contributed by atoms with Crippen molar-refractivity contribution in [3.8, 4) is 17.2 Å². The van der Waals surface area contributed by atoms with Crippen LogP contribution in [0, 0.1) is 0 Å². The molecule has 0 atom stereocenters. The molecule has 0 heterocycles. The highest BCUT2D eigenvalue weighted by Crippen LogP contribution is 2.26. The average Bonchev–Trinajstić information content (AvgIpc) is 2.64. The predicted octanol–water partition coefficient (Wildman–Crippen LogP) is 2.36. The van der Waals surface area contributed by atoms with Crippen LogP contribution in [0.4, 0.5) is 5.69 Å². The minimum atomic E-state index is -0.572. The van der Waals surface area contributed by atoms with Crippen LogP contribution in [0.3, 0.4) is 0 Å². The number of carbonyl (C=O) groups excluding carboxylic acids is 2. The molecule has 0 unspecified atom stereocenters. The maximum atomic E-state index is 12.1. The molecule has 26 heavy (non-hydrogen) atoms. The summed E-state index contributed by atoms with van der Waals surface area (Å²) < 4.78 is 16.3. The van der Waals surface area contributed by atoms with Crippen molar-refractivity contribution in [1.82, 2.24) is 0 Å². The highest BCUT2D eigenvalue weighted by Gasteiger charge is 2.08. The fraction of sp³-hybridized carbons (Fsp3) is 0.263. The second-order valence-corrected chi connectivity index (χ2v) is 5.41. The Bertz CT molecular complexity index is 748. The molecule has 0 spiro atoms. The lowest BCUT2D eigenvalue weighted by atomic mass is 10.3. The third-order valence-corrected chi connectivity index (χ3v) is 3.17. The normalized spacial score (nSPS) is 10.0. The standard InChI is InChI=1S/C19H22N2O5/c1-2-10-24-16-8-3-4-9-17(16)26-13-19(23)21-14-6-5-7-15(11-14)25-12-18(20)22/h3-9,11H,2,10,12-13H2,1H3,(H2,20,22)(H,21,23). The molecule has 0 aliphatic rings. The second-order valence-electron chi connectivity index (χ2n) is 5.41. The van der Waals surface area contributed by atoms with Gasteiger partial charge in [0.05, 0.1) is 6.61 Å². The summed E-state index contributed by atoms with van der Waals surface area (Å²) >= 11 is 0.